The van der Waals surface area contributed by atoms with E-state index in [1.165, 1.54) is 12.1 Å². The minimum Gasteiger partial charge on any atom is -0.368 e. The summed E-state index contributed by atoms with van der Waals surface area (Å²) in [5.74, 6) is -2.05. The van der Waals surface area contributed by atoms with Gasteiger partial charge in [-0.3, -0.25) is 4.79 Å². The minimum atomic E-state index is -4.96. The fourth-order valence-electron chi connectivity index (χ4n) is 2.49. The highest BCUT2D eigenvalue weighted by Gasteiger charge is 2.38. The van der Waals surface area contributed by atoms with Gasteiger partial charge in [-0.05, 0) is 24.7 Å². The molecule has 8 heteroatoms. The number of rotatable bonds is 3. The lowest BCUT2D eigenvalue weighted by molar-refractivity contribution is -0.167. The normalized spacial score (nSPS) is 16.0. The Labute approximate surface area is 132 Å². The lowest BCUT2D eigenvalue weighted by Gasteiger charge is -2.36. The first-order chi connectivity index (χ1) is 10.8. The van der Waals surface area contributed by atoms with Gasteiger partial charge in [0, 0.05) is 31.9 Å². The van der Waals surface area contributed by atoms with Crippen LogP contribution in [-0.4, -0.2) is 49.7 Å². The highest BCUT2D eigenvalue weighted by atomic mass is 19.4. The van der Waals surface area contributed by atoms with Crippen LogP contribution in [-0.2, 0) is 4.79 Å². The molecule has 1 aliphatic heterocycles. The molecule has 1 aromatic rings. The molecule has 1 aliphatic rings. The van der Waals surface area contributed by atoms with Gasteiger partial charge in [-0.25, -0.2) is 0 Å². The van der Waals surface area contributed by atoms with E-state index in [4.69, 9.17) is 0 Å². The Hall–Kier alpha value is -2.27. The van der Waals surface area contributed by atoms with Crippen LogP contribution in [0.2, 0.25) is 0 Å². The quantitative estimate of drug-likeness (QED) is 0.925. The van der Waals surface area contributed by atoms with Crippen molar-refractivity contribution in [2.24, 2.45) is 0 Å². The molecular weight excluding hydrogens is 309 g/mol. The van der Waals surface area contributed by atoms with Crippen LogP contribution < -0.4 is 10.2 Å². The molecule has 1 heterocycles. The maximum Gasteiger partial charge on any atom is 0.471 e. The first kappa shape index (κ1) is 17.1. The number of hydrogen-bond acceptors (Lipinski definition) is 4. The van der Waals surface area contributed by atoms with Crippen molar-refractivity contribution in [3.63, 3.8) is 0 Å². The number of nitriles is 1. The predicted octanol–water partition coefficient (Wildman–Crippen LogP) is 2.20. The minimum absolute atomic E-state index is 0.0418. The summed E-state index contributed by atoms with van der Waals surface area (Å²) in [6.07, 6.45) is -4.96. The molecule has 1 amide bonds. The average molecular weight is 326 g/mol. The van der Waals surface area contributed by atoms with E-state index in [1.54, 1.807) is 11.4 Å². The summed E-state index contributed by atoms with van der Waals surface area (Å²) >= 11 is 0. The zero-order chi connectivity index (χ0) is 17.0. The SMILES string of the molecule is CCN1CCN(c2ccc(NC(=O)C(F)(F)F)cc2C#N)CC1. The van der Waals surface area contributed by atoms with Crippen LogP contribution in [0.4, 0.5) is 24.5 Å². The van der Waals surface area contributed by atoms with E-state index in [-0.39, 0.29) is 11.3 Å². The molecule has 0 spiro atoms. The van der Waals surface area contributed by atoms with Crippen LogP contribution in [0.1, 0.15) is 12.5 Å². The molecular formula is C15H17F3N4O. The van der Waals surface area contributed by atoms with Crippen molar-refractivity contribution >= 4 is 17.3 Å². The number of nitrogens with one attached hydrogen (secondary N) is 1. The topological polar surface area (TPSA) is 59.4 Å². The van der Waals surface area contributed by atoms with Crippen molar-refractivity contribution in [1.82, 2.24) is 4.90 Å². The van der Waals surface area contributed by atoms with E-state index in [0.717, 1.165) is 32.7 Å². The van der Waals surface area contributed by atoms with Crippen LogP contribution in [0.25, 0.3) is 0 Å². The van der Waals surface area contributed by atoms with Crippen LogP contribution in [0.3, 0.4) is 0 Å². The Morgan fingerprint density at radius 2 is 1.96 bits per heavy atom. The molecule has 1 saturated heterocycles. The number of likely N-dealkylation sites (N-methyl/N-ethyl adjacent to an activating group) is 1. The number of alkyl halides is 3. The molecule has 1 N–H and O–H groups in total. The van der Waals surface area contributed by atoms with Crippen LogP contribution in [0.5, 0.6) is 0 Å². The van der Waals surface area contributed by atoms with Crippen molar-refractivity contribution in [3.8, 4) is 6.07 Å². The number of hydrogen-bond donors (Lipinski definition) is 1. The maximum absolute atomic E-state index is 12.3. The van der Waals surface area contributed by atoms with Gasteiger partial charge < -0.3 is 15.1 Å². The van der Waals surface area contributed by atoms with Gasteiger partial charge >= 0.3 is 12.1 Å². The summed E-state index contributed by atoms with van der Waals surface area (Å²) in [7, 11) is 0. The monoisotopic (exact) mass is 326 g/mol. The molecule has 0 saturated carbocycles. The Morgan fingerprint density at radius 1 is 1.30 bits per heavy atom. The Kier molecular flexibility index (Phi) is 5.11. The van der Waals surface area contributed by atoms with Gasteiger partial charge in [0.05, 0.1) is 11.3 Å². The Morgan fingerprint density at radius 3 is 2.48 bits per heavy atom. The summed E-state index contributed by atoms with van der Waals surface area (Å²) in [5, 5.41) is 11.0. The van der Waals surface area contributed by atoms with E-state index in [9.17, 15) is 23.2 Å². The summed E-state index contributed by atoms with van der Waals surface area (Å²) in [5.41, 5.74) is 0.878. The van der Waals surface area contributed by atoms with Gasteiger partial charge in [0.15, 0.2) is 0 Å². The molecule has 0 atom stereocenters. The molecule has 5 nitrogen and oxygen atoms in total. The second-order valence-electron chi connectivity index (χ2n) is 5.22. The standard InChI is InChI=1S/C15H17F3N4O/c1-2-21-5-7-22(8-6-21)13-4-3-12(9-11(13)10-19)20-14(23)15(16,17)18/h3-4,9H,2,5-8H2,1H3,(H,20,23). The fourth-order valence-corrected chi connectivity index (χ4v) is 2.49. The fraction of sp³-hybridized carbons (Fsp3) is 0.467. The number of halogens is 3. The van der Waals surface area contributed by atoms with Crippen molar-refractivity contribution in [3.05, 3.63) is 23.8 Å². The Bertz CT molecular complexity index is 616. The number of carbonyl (C=O) groups excluding carboxylic acids is 1. The summed E-state index contributed by atoms with van der Waals surface area (Å²) in [6.45, 7) is 6.27. The van der Waals surface area contributed by atoms with E-state index < -0.39 is 12.1 Å². The van der Waals surface area contributed by atoms with Crippen molar-refractivity contribution < 1.29 is 18.0 Å². The molecule has 1 aromatic carbocycles. The van der Waals surface area contributed by atoms with E-state index in [1.807, 2.05) is 11.0 Å². The molecule has 23 heavy (non-hydrogen) atoms. The molecule has 0 bridgehead atoms. The first-order valence-corrected chi connectivity index (χ1v) is 7.24. The van der Waals surface area contributed by atoms with E-state index >= 15 is 0 Å². The van der Waals surface area contributed by atoms with Gasteiger partial charge in [-0.15, -0.1) is 0 Å². The molecule has 0 radical (unpaired) electrons. The molecule has 124 valence electrons. The second kappa shape index (κ2) is 6.87. The third-order valence-electron chi connectivity index (χ3n) is 3.79. The summed E-state index contributed by atoms with van der Waals surface area (Å²) in [6, 6.07) is 6.21. The molecule has 1 fully saturated rings. The Balaban J connectivity index is 2.15. The number of carbonyl (C=O) groups is 1. The number of amides is 1. The smallest absolute Gasteiger partial charge is 0.368 e. The van der Waals surface area contributed by atoms with Gasteiger partial charge in [-0.1, -0.05) is 6.92 Å². The lowest BCUT2D eigenvalue weighted by atomic mass is 10.1. The van der Waals surface area contributed by atoms with Gasteiger partial charge in [0.1, 0.15) is 6.07 Å². The van der Waals surface area contributed by atoms with Gasteiger partial charge in [0.2, 0.25) is 0 Å². The van der Waals surface area contributed by atoms with E-state index in [0.29, 0.717) is 5.69 Å². The number of benzene rings is 1. The van der Waals surface area contributed by atoms with Crippen molar-refractivity contribution in [2.45, 2.75) is 13.1 Å². The molecule has 0 unspecified atom stereocenters. The lowest BCUT2D eigenvalue weighted by Crippen LogP contribution is -2.46. The highest BCUT2D eigenvalue weighted by Crippen LogP contribution is 2.26. The zero-order valence-electron chi connectivity index (χ0n) is 12.7. The summed E-state index contributed by atoms with van der Waals surface area (Å²) < 4.78 is 36.8. The van der Waals surface area contributed by atoms with Crippen LogP contribution in [0.15, 0.2) is 18.2 Å². The van der Waals surface area contributed by atoms with E-state index in [2.05, 4.69) is 11.8 Å². The average Bonchev–Trinajstić information content (AvgIpc) is 2.54. The zero-order valence-corrected chi connectivity index (χ0v) is 12.7. The van der Waals surface area contributed by atoms with Gasteiger partial charge in [0.25, 0.3) is 0 Å². The summed E-state index contributed by atoms with van der Waals surface area (Å²) in [4.78, 5) is 15.3. The first-order valence-electron chi connectivity index (χ1n) is 7.24. The molecule has 2 rings (SSSR count). The number of piperazine rings is 1. The van der Waals surface area contributed by atoms with Crippen molar-refractivity contribution in [1.29, 1.82) is 5.26 Å². The number of nitrogens with zero attached hydrogens (tertiary/aromatic N) is 3. The van der Waals surface area contributed by atoms with Gasteiger partial charge in [-0.2, -0.15) is 18.4 Å². The second-order valence-corrected chi connectivity index (χ2v) is 5.22. The third-order valence-corrected chi connectivity index (χ3v) is 3.79. The van der Waals surface area contributed by atoms with Crippen molar-refractivity contribution in [2.75, 3.05) is 42.9 Å². The third kappa shape index (κ3) is 4.13. The highest BCUT2D eigenvalue weighted by molar-refractivity contribution is 5.95. The van der Waals surface area contributed by atoms with Crippen LogP contribution >= 0.6 is 0 Å². The molecule has 0 aliphatic carbocycles. The van der Waals surface area contributed by atoms with Crippen LogP contribution in [0, 0.1) is 11.3 Å². The predicted molar refractivity (Wildman–Crippen MR) is 80.2 cm³/mol. The maximum atomic E-state index is 12.3. The molecule has 0 aromatic heterocycles. The largest absolute Gasteiger partial charge is 0.471 e. The number of anilines is 2.